The van der Waals surface area contributed by atoms with E-state index < -0.39 is 5.97 Å². The number of hydrogen-bond acceptors (Lipinski definition) is 2. The van der Waals surface area contributed by atoms with Crippen LogP contribution in [0.2, 0.25) is 0 Å². The highest BCUT2D eigenvalue weighted by molar-refractivity contribution is 5.87. The number of rotatable bonds is 2. The maximum atomic E-state index is 10.8. The zero-order valence-electron chi connectivity index (χ0n) is 8.57. The summed E-state index contributed by atoms with van der Waals surface area (Å²) in [4.78, 5) is 10.8. The van der Waals surface area contributed by atoms with Gasteiger partial charge in [0.1, 0.15) is 0 Å². The van der Waals surface area contributed by atoms with Gasteiger partial charge in [-0.05, 0) is 30.5 Å². The molecule has 3 N–H and O–H groups in total. The van der Waals surface area contributed by atoms with Crippen LogP contribution < -0.4 is 5.73 Å². The lowest BCUT2D eigenvalue weighted by Gasteiger charge is -2.24. The molecule has 1 aliphatic carbocycles. The molecule has 1 saturated carbocycles. The fourth-order valence-corrected chi connectivity index (χ4v) is 2.26. The molecule has 0 aromatic heterocycles. The SMILES string of the molecule is NC1(c2cccc(C(=O)O)c2)CCCC1. The van der Waals surface area contributed by atoms with Crippen molar-refractivity contribution in [2.75, 3.05) is 0 Å². The molecule has 1 aromatic rings. The molecule has 0 atom stereocenters. The molecule has 3 heteroatoms. The molecule has 3 nitrogen and oxygen atoms in total. The van der Waals surface area contributed by atoms with E-state index in [-0.39, 0.29) is 5.54 Å². The molecule has 2 rings (SSSR count). The second-order valence-corrected chi connectivity index (χ2v) is 4.25. The first kappa shape index (κ1) is 10.2. The minimum atomic E-state index is -0.890. The largest absolute Gasteiger partial charge is 0.478 e. The van der Waals surface area contributed by atoms with Gasteiger partial charge in [-0.25, -0.2) is 4.79 Å². The average Bonchev–Trinajstić information content (AvgIpc) is 2.67. The minimum Gasteiger partial charge on any atom is -0.478 e. The molecule has 1 fully saturated rings. The van der Waals surface area contributed by atoms with E-state index in [0.29, 0.717) is 5.56 Å². The molecule has 1 aromatic carbocycles. The highest BCUT2D eigenvalue weighted by Crippen LogP contribution is 2.36. The van der Waals surface area contributed by atoms with E-state index in [9.17, 15) is 4.79 Å². The van der Waals surface area contributed by atoms with Crippen LogP contribution in [0.1, 0.15) is 41.6 Å². The molecule has 1 aliphatic rings. The molecular formula is C12H15NO2. The quantitative estimate of drug-likeness (QED) is 0.777. The number of carboxylic acids is 1. The molecule has 0 radical (unpaired) electrons. The van der Waals surface area contributed by atoms with Crippen LogP contribution in [0.25, 0.3) is 0 Å². The Morgan fingerprint density at radius 2 is 2.00 bits per heavy atom. The predicted molar refractivity (Wildman–Crippen MR) is 57.7 cm³/mol. The van der Waals surface area contributed by atoms with Crippen LogP contribution in [0.4, 0.5) is 0 Å². The summed E-state index contributed by atoms with van der Waals surface area (Å²) in [5.74, 6) is -0.890. The van der Waals surface area contributed by atoms with Crippen LogP contribution >= 0.6 is 0 Å². The third-order valence-corrected chi connectivity index (χ3v) is 3.18. The third-order valence-electron chi connectivity index (χ3n) is 3.18. The Kier molecular flexibility index (Phi) is 2.49. The first-order chi connectivity index (χ1) is 7.12. The van der Waals surface area contributed by atoms with Crippen molar-refractivity contribution in [1.29, 1.82) is 0 Å². The van der Waals surface area contributed by atoms with E-state index >= 15 is 0 Å². The van der Waals surface area contributed by atoms with Gasteiger partial charge in [-0.15, -0.1) is 0 Å². The van der Waals surface area contributed by atoms with Crippen LogP contribution in [0.5, 0.6) is 0 Å². The molecule has 15 heavy (non-hydrogen) atoms. The monoisotopic (exact) mass is 205 g/mol. The van der Waals surface area contributed by atoms with Gasteiger partial charge >= 0.3 is 5.97 Å². The van der Waals surface area contributed by atoms with Crippen molar-refractivity contribution in [2.24, 2.45) is 5.73 Å². The van der Waals surface area contributed by atoms with Crippen LogP contribution in [0.3, 0.4) is 0 Å². The molecule has 0 heterocycles. The van der Waals surface area contributed by atoms with Crippen LogP contribution in [-0.2, 0) is 5.54 Å². The summed E-state index contributed by atoms with van der Waals surface area (Å²) < 4.78 is 0. The zero-order chi connectivity index (χ0) is 10.9. The van der Waals surface area contributed by atoms with Gasteiger partial charge in [0, 0.05) is 5.54 Å². The van der Waals surface area contributed by atoms with Crippen LogP contribution in [0.15, 0.2) is 24.3 Å². The van der Waals surface area contributed by atoms with Crippen molar-refractivity contribution < 1.29 is 9.90 Å². The van der Waals surface area contributed by atoms with Crippen molar-refractivity contribution in [3.05, 3.63) is 35.4 Å². The van der Waals surface area contributed by atoms with Gasteiger partial charge in [-0.3, -0.25) is 0 Å². The van der Waals surface area contributed by atoms with Gasteiger partial charge in [-0.1, -0.05) is 25.0 Å². The lowest BCUT2D eigenvalue weighted by molar-refractivity contribution is 0.0696. The Morgan fingerprint density at radius 1 is 1.33 bits per heavy atom. The molecular weight excluding hydrogens is 190 g/mol. The molecule has 0 unspecified atom stereocenters. The number of carbonyl (C=O) groups is 1. The van der Waals surface area contributed by atoms with Crippen molar-refractivity contribution >= 4 is 5.97 Å². The summed E-state index contributed by atoms with van der Waals surface area (Å²) in [5.41, 5.74) is 7.24. The second kappa shape index (κ2) is 3.66. The summed E-state index contributed by atoms with van der Waals surface area (Å²) >= 11 is 0. The predicted octanol–water partition coefficient (Wildman–Crippen LogP) is 2.11. The van der Waals surface area contributed by atoms with Crippen molar-refractivity contribution in [3.8, 4) is 0 Å². The highest BCUT2D eigenvalue weighted by atomic mass is 16.4. The lowest BCUT2D eigenvalue weighted by Crippen LogP contribution is -2.33. The van der Waals surface area contributed by atoms with E-state index in [2.05, 4.69) is 0 Å². The van der Waals surface area contributed by atoms with Gasteiger partial charge in [0.05, 0.1) is 5.56 Å². The average molecular weight is 205 g/mol. The van der Waals surface area contributed by atoms with E-state index in [1.165, 1.54) is 0 Å². The number of benzene rings is 1. The molecule has 0 saturated heterocycles. The third kappa shape index (κ3) is 1.88. The molecule has 0 bridgehead atoms. The maximum Gasteiger partial charge on any atom is 0.335 e. The Balaban J connectivity index is 2.36. The van der Waals surface area contributed by atoms with Gasteiger partial charge < -0.3 is 10.8 Å². The van der Waals surface area contributed by atoms with Crippen molar-refractivity contribution in [1.82, 2.24) is 0 Å². The smallest absolute Gasteiger partial charge is 0.335 e. The zero-order valence-corrected chi connectivity index (χ0v) is 8.57. The summed E-state index contributed by atoms with van der Waals surface area (Å²) in [5, 5.41) is 8.90. The van der Waals surface area contributed by atoms with E-state index in [0.717, 1.165) is 31.2 Å². The van der Waals surface area contributed by atoms with Crippen LogP contribution in [0, 0.1) is 0 Å². The number of aromatic carboxylic acids is 1. The lowest BCUT2D eigenvalue weighted by atomic mass is 9.88. The minimum absolute atomic E-state index is 0.300. The first-order valence-corrected chi connectivity index (χ1v) is 5.24. The molecule has 0 amide bonds. The van der Waals surface area contributed by atoms with E-state index in [1.807, 2.05) is 6.07 Å². The van der Waals surface area contributed by atoms with Gasteiger partial charge in [0.15, 0.2) is 0 Å². The maximum absolute atomic E-state index is 10.8. The van der Waals surface area contributed by atoms with Crippen LogP contribution in [-0.4, -0.2) is 11.1 Å². The molecule has 0 aliphatic heterocycles. The summed E-state index contributed by atoms with van der Waals surface area (Å²) in [7, 11) is 0. The Bertz CT molecular complexity index is 381. The molecule has 0 spiro atoms. The fourth-order valence-electron chi connectivity index (χ4n) is 2.26. The van der Waals surface area contributed by atoms with Gasteiger partial charge in [-0.2, -0.15) is 0 Å². The molecule has 80 valence electrons. The van der Waals surface area contributed by atoms with Gasteiger partial charge in [0.2, 0.25) is 0 Å². The second-order valence-electron chi connectivity index (χ2n) is 4.25. The van der Waals surface area contributed by atoms with Crippen molar-refractivity contribution in [3.63, 3.8) is 0 Å². The van der Waals surface area contributed by atoms with E-state index in [4.69, 9.17) is 10.8 Å². The Hall–Kier alpha value is -1.35. The van der Waals surface area contributed by atoms with Gasteiger partial charge in [0.25, 0.3) is 0 Å². The fraction of sp³-hybridized carbons (Fsp3) is 0.417. The highest BCUT2D eigenvalue weighted by Gasteiger charge is 2.31. The normalized spacial score (nSPS) is 19.0. The summed E-state index contributed by atoms with van der Waals surface area (Å²) in [6.07, 6.45) is 4.17. The standard InChI is InChI=1S/C12H15NO2/c13-12(6-1-2-7-12)10-5-3-4-9(8-10)11(14)15/h3-5,8H,1-2,6-7,13H2,(H,14,15). The van der Waals surface area contributed by atoms with Crippen molar-refractivity contribution in [2.45, 2.75) is 31.2 Å². The number of hydrogen-bond donors (Lipinski definition) is 2. The topological polar surface area (TPSA) is 63.3 Å². The summed E-state index contributed by atoms with van der Waals surface area (Å²) in [6.45, 7) is 0. The van der Waals surface area contributed by atoms with E-state index in [1.54, 1.807) is 18.2 Å². The Morgan fingerprint density at radius 3 is 2.60 bits per heavy atom. The summed E-state index contributed by atoms with van der Waals surface area (Å²) in [6, 6.07) is 7.00. The number of nitrogens with two attached hydrogens (primary N) is 1. The Labute approximate surface area is 88.9 Å². The number of carboxylic acid groups (broad SMARTS) is 1. The first-order valence-electron chi connectivity index (χ1n) is 5.24.